The minimum Gasteiger partial charge on any atom is -0.455 e. The van der Waals surface area contributed by atoms with Gasteiger partial charge in [0.15, 0.2) is 5.75 Å². The molecule has 2 aromatic rings. The van der Waals surface area contributed by atoms with E-state index in [9.17, 15) is 4.79 Å². The molecule has 2 N–H and O–H groups in total. The number of hydrogen-bond donors (Lipinski definition) is 2. The predicted molar refractivity (Wildman–Crippen MR) is 93.4 cm³/mol. The number of amides is 1. The van der Waals surface area contributed by atoms with E-state index in [2.05, 4.69) is 10.6 Å². The number of para-hydroxylation sites is 3. The van der Waals surface area contributed by atoms with Crippen LogP contribution in [0.3, 0.4) is 0 Å². The van der Waals surface area contributed by atoms with Crippen LogP contribution in [0.5, 0.6) is 11.5 Å². The van der Waals surface area contributed by atoms with Crippen LogP contribution >= 0.6 is 0 Å². The summed E-state index contributed by atoms with van der Waals surface area (Å²) in [5.74, 6) is 1.17. The van der Waals surface area contributed by atoms with Crippen LogP contribution in [0.25, 0.3) is 0 Å². The molecule has 0 radical (unpaired) electrons. The quantitative estimate of drug-likeness (QED) is 0.856. The maximum Gasteiger partial charge on any atom is 0.250 e. The third-order valence-corrected chi connectivity index (χ3v) is 3.87. The first-order chi connectivity index (χ1) is 11.8. The SMILES string of the molecule is O=C(COC1CCNCC1)Nc1ccccc1Oc1ccccc1. The Morgan fingerprint density at radius 3 is 2.54 bits per heavy atom. The van der Waals surface area contributed by atoms with Gasteiger partial charge in [0, 0.05) is 0 Å². The van der Waals surface area contributed by atoms with Crippen molar-refractivity contribution in [2.24, 2.45) is 0 Å². The molecule has 1 aliphatic heterocycles. The van der Waals surface area contributed by atoms with Crippen molar-refractivity contribution in [3.05, 3.63) is 54.6 Å². The van der Waals surface area contributed by atoms with E-state index in [1.165, 1.54) is 0 Å². The van der Waals surface area contributed by atoms with Gasteiger partial charge in [0.25, 0.3) is 0 Å². The first-order valence-electron chi connectivity index (χ1n) is 8.25. The molecule has 0 unspecified atom stereocenters. The lowest BCUT2D eigenvalue weighted by atomic mass is 10.1. The van der Waals surface area contributed by atoms with Crippen LogP contribution in [-0.2, 0) is 9.53 Å². The summed E-state index contributed by atoms with van der Waals surface area (Å²) in [4.78, 5) is 12.2. The van der Waals surface area contributed by atoms with Crippen LogP contribution in [0.15, 0.2) is 54.6 Å². The zero-order valence-corrected chi connectivity index (χ0v) is 13.5. The first kappa shape index (κ1) is 16.5. The molecule has 2 aromatic carbocycles. The van der Waals surface area contributed by atoms with Gasteiger partial charge in [-0.05, 0) is 50.2 Å². The lowest BCUT2D eigenvalue weighted by Gasteiger charge is -2.22. The highest BCUT2D eigenvalue weighted by molar-refractivity contribution is 5.93. The molecule has 1 amide bonds. The molecule has 0 atom stereocenters. The lowest BCUT2D eigenvalue weighted by molar-refractivity contribution is -0.123. The Hall–Kier alpha value is -2.37. The maximum atomic E-state index is 12.2. The van der Waals surface area contributed by atoms with Crippen molar-refractivity contribution in [3.8, 4) is 11.5 Å². The number of carbonyl (C=O) groups is 1. The van der Waals surface area contributed by atoms with Crippen molar-refractivity contribution < 1.29 is 14.3 Å². The van der Waals surface area contributed by atoms with Gasteiger partial charge in [0.2, 0.25) is 5.91 Å². The molecule has 126 valence electrons. The van der Waals surface area contributed by atoms with Crippen molar-refractivity contribution in [2.45, 2.75) is 18.9 Å². The summed E-state index contributed by atoms with van der Waals surface area (Å²) in [5.41, 5.74) is 0.639. The Morgan fingerprint density at radius 2 is 1.75 bits per heavy atom. The van der Waals surface area contributed by atoms with E-state index >= 15 is 0 Å². The summed E-state index contributed by atoms with van der Waals surface area (Å²) in [6.45, 7) is 1.95. The van der Waals surface area contributed by atoms with E-state index in [4.69, 9.17) is 9.47 Å². The minimum absolute atomic E-state index is 0.0599. The second-order valence-electron chi connectivity index (χ2n) is 5.72. The summed E-state index contributed by atoms with van der Waals surface area (Å²) < 4.78 is 11.5. The van der Waals surface area contributed by atoms with Gasteiger partial charge in [-0.1, -0.05) is 30.3 Å². The van der Waals surface area contributed by atoms with Crippen molar-refractivity contribution in [3.63, 3.8) is 0 Å². The smallest absolute Gasteiger partial charge is 0.250 e. The van der Waals surface area contributed by atoms with Gasteiger partial charge in [-0.15, -0.1) is 0 Å². The van der Waals surface area contributed by atoms with Crippen LogP contribution in [0, 0.1) is 0 Å². The standard InChI is InChI=1S/C19H22N2O3/c22-19(14-23-15-10-12-20-13-11-15)21-17-8-4-5-9-18(17)24-16-6-2-1-3-7-16/h1-9,15,20H,10-14H2,(H,21,22). The maximum absolute atomic E-state index is 12.2. The molecule has 0 aliphatic carbocycles. The molecular formula is C19H22N2O3. The van der Waals surface area contributed by atoms with Crippen LogP contribution < -0.4 is 15.4 Å². The Balaban J connectivity index is 1.57. The number of nitrogens with one attached hydrogen (secondary N) is 2. The number of carbonyl (C=O) groups excluding carboxylic acids is 1. The second-order valence-corrected chi connectivity index (χ2v) is 5.72. The topological polar surface area (TPSA) is 59.6 Å². The number of ether oxygens (including phenoxy) is 2. The number of hydrogen-bond acceptors (Lipinski definition) is 4. The van der Waals surface area contributed by atoms with Gasteiger partial charge in [-0.3, -0.25) is 4.79 Å². The van der Waals surface area contributed by atoms with Gasteiger partial charge in [0.1, 0.15) is 12.4 Å². The Bertz CT molecular complexity index is 655. The van der Waals surface area contributed by atoms with E-state index < -0.39 is 0 Å². The summed E-state index contributed by atoms with van der Waals surface area (Å²) in [6, 6.07) is 16.9. The Labute approximate surface area is 142 Å². The average molecular weight is 326 g/mol. The number of rotatable bonds is 6. The normalized spacial score (nSPS) is 15.0. The molecule has 1 heterocycles. The van der Waals surface area contributed by atoms with Crippen LogP contribution in [0.1, 0.15) is 12.8 Å². The Morgan fingerprint density at radius 1 is 1.04 bits per heavy atom. The Kier molecular flexibility index (Phi) is 5.82. The molecule has 1 saturated heterocycles. The molecule has 5 heteroatoms. The number of piperidine rings is 1. The van der Waals surface area contributed by atoms with E-state index in [1.807, 2.05) is 54.6 Å². The fourth-order valence-electron chi connectivity index (χ4n) is 2.62. The van der Waals surface area contributed by atoms with E-state index in [0.717, 1.165) is 31.7 Å². The van der Waals surface area contributed by atoms with E-state index in [-0.39, 0.29) is 18.6 Å². The van der Waals surface area contributed by atoms with Crippen molar-refractivity contribution in [1.82, 2.24) is 5.32 Å². The zero-order chi connectivity index (χ0) is 16.6. The molecular weight excluding hydrogens is 304 g/mol. The number of benzene rings is 2. The first-order valence-corrected chi connectivity index (χ1v) is 8.25. The third kappa shape index (κ3) is 4.81. The van der Waals surface area contributed by atoms with E-state index in [1.54, 1.807) is 0 Å². The van der Waals surface area contributed by atoms with Crippen LogP contribution in [-0.4, -0.2) is 31.7 Å². The van der Waals surface area contributed by atoms with Crippen LogP contribution in [0.4, 0.5) is 5.69 Å². The van der Waals surface area contributed by atoms with Crippen molar-refractivity contribution in [1.29, 1.82) is 0 Å². The molecule has 0 spiro atoms. The molecule has 0 bridgehead atoms. The second kappa shape index (κ2) is 8.47. The summed E-state index contributed by atoms with van der Waals surface area (Å²) in [7, 11) is 0. The van der Waals surface area contributed by atoms with Gasteiger partial charge in [-0.2, -0.15) is 0 Å². The van der Waals surface area contributed by atoms with Crippen molar-refractivity contribution >= 4 is 11.6 Å². The molecule has 5 nitrogen and oxygen atoms in total. The zero-order valence-electron chi connectivity index (χ0n) is 13.5. The van der Waals surface area contributed by atoms with Gasteiger partial charge in [0.05, 0.1) is 11.8 Å². The summed E-state index contributed by atoms with van der Waals surface area (Å²) in [6.07, 6.45) is 2.05. The highest BCUT2D eigenvalue weighted by atomic mass is 16.5. The molecule has 1 aliphatic rings. The molecule has 1 fully saturated rings. The van der Waals surface area contributed by atoms with Crippen molar-refractivity contribution in [2.75, 3.05) is 25.0 Å². The summed E-state index contributed by atoms with van der Waals surface area (Å²) in [5, 5.41) is 6.14. The summed E-state index contributed by atoms with van der Waals surface area (Å²) >= 11 is 0. The largest absolute Gasteiger partial charge is 0.455 e. The highest BCUT2D eigenvalue weighted by Crippen LogP contribution is 2.29. The van der Waals surface area contributed by atoms with Gasteiger partial charge in [-0.25, -0.2) is 0 Å². The monoisotopic (exact) mass is 326 g/mol. The highest BCUT2D eigenvalue weighted by Gasteiger charge is 2.15. The fraction of sp³-hybridized carbons (Fsp3) is 0.316. The molecule has 24 heavy (non-hydrogen) atoms. The molecule has 3 rings (SSSR count). The number of anilines is 1. The molecule has 0 aromatic heterocycles. The van der Waals surface area contributed by atoms with Crippen LogP contribution in [0.2, 0.25) is 0 Å². The van der Waals surface area contributed by atoms with Gasteiger partial charge >= 0.3 is 0 Å². The van der Waals surface area contributed by atoms with Gasteiger partial charge < -0.3 is 20.1 Å². The predicted octanol–water partition coefficient (Wildman–Crippen LogP) is 3.19. The molecule has 0 saturated carbocycles. The fourth-order valence-corrected chi connectivity index (χ4v) is 2.62. The minimum atomic E-state index is -0.169. The third-order valence-electron chi connectivity index (χ3n) is 3.87. The average Bonchev–Trinajstić information content (AvgIpc) is 2.63. The lowest BCUT2D eigenvalue weighted by Crippen LogP contribution is -2.34. The van der Waals surface area contributed by atoms with E-state index in [0.29, 0.717) is 11.4 Å².